The van der Waals surface area contributed by atoms with E-state index in [4.69, 9.17) is 5.73 Å². The quantitative estimate of drug-likeness (QED) is 0.792. The zero-order valence-corrected chi connectivity index (χ0v) is 11.6. The number of aromatic hydroxyl groups is 1. The maximum atomic E-state index is 13.0. The average molecular weight is 286 g/mol. The van der Waals surface area contributed by atoms with Gasteiger partial charge in [-0.15, -0.1) is 0 Å². The van der Waals surface area contributed by atoms with Crippen molar-refractivity contribution in [2.75, 3.05) is 17.2 Å². The van der Waals surface area contributed by atoms with Crippen molar-refractivity contribution in [3.05, 3.63) is 52.8 Å². The monoisotopic (exact) mass is 286 g/mol. The van der Waals surface area contributed by atoms with E-state index in [0.717, 1.165) is 35.4 Å². The molecule has 0 spiro atoms. The first-order valence-corrected chi connectivity index (χ1v) is 6.67. The standard InChI is InChI=1S/C16H15FN2O2/c1-9-6-10-4-5-19(14(10)8-13(9)18)16(21)12-3-2-11(17)7-15(12)20/h2-3,6-8,20H,4-5,18H2,1H3. The van der Waals surface area contributed by atoms with E-state index in [0.29, 0.717) is 12.2 Å². The Morgan fingerprint density at radius 2 is 2.10 bits per heavy atom. The van der Waals surface area contributed by atoms with Gasteiger partial charge in [-0.05, 0) is 42.7 Å². The van der Waals surface area contributed by atoms with Crippen LogP contribution in [-0.4, -0.2) is 17.6 Å². The lowest BCUT2D eigenvalue weighted by Crippen LogP contribution is -2.29. The van der Waals surface area contributed by atoms with Crippen LogP contribution in [0.4, 0.5) is 15.8 Å². The van der Waals surface area contributed by atoms with E-state index in [9.17, 15) is 14.3 Å². The fraction of sp³-hybridized carbons (Fsp3) is 0.188. The van der Waals surface area contributed by atoms with Gasteiger partial charge in [0.2, 0.25) is 0 Å². The number of nitrogen functional groups attached to an aromatic ring is 1. The van der Waals surface area contributed by atoms with E-state index in [1.54, 1.807) is 11.0 Å². The van der Waals surface area contributed by atoms with E-state index in [1.807, 2.05) is 13.0 Å². The molecule has 5 heteroatoms. The van der Waals surface area contributed by atoms with Crippen molar-refractivity contribution in [1.29, 1.82) is 0 Å². The zero-order chi connectivity index (χ0) is 15.1. The Labute approximate surface area is 121 Å². The summed E-state index contributed by atoms with van der Waals surface area (Å²) < 4.78 is 13.0. The summed E-state index contributed by atoms with van der Waals surface area (Å²) in [5, 5.41) is 9.76. The van der Waals surface area contributed by atoms with Gasteiger partial charge in [0.15, 0.2) is 0 Å². The van der Waals surface area contributed by atoms with Crippen molar-refractivity contribution in [2.24, 2.45) is 0 Å². The lowest BCUT2D eigenvalue weighted by atomic mass is 10.1. The minimum Gasteiger partial charge on any atom is -0.507 e. The third-order valence-electron chi connectivity index (χ3n) is 3.80. The Morgan fingerprint density at radius 1 is 1.33 bits per heavy atom. The van der Waals surface area contributed by atoms with Crippen LogP contribution in [0.5, 0.6) is 5.75 Å². The number of nitrogens with zero attached hydrogens (tertiary/aromatic N) is 1. The number of rotatable bonds is 1. The number of phenolic OH excluding ortho intramolecular Hbond substituents is 1. The van der Waals surface area contributed by atoms with Crippen LogP contribution in [0.15, 0.2) is 30.3 Å². The first kappa shape index (κ1) is 13.4. The first-order chi connectivity index (χ1) is 9.97. The number of anilines is 2. The lowest BCUT2D eigenvalue weighted by molar-refractivity contribution is 0.0987. The van der Waals surface area contributed by atoms with Crippen LogP contribution in [0.1, 0.15) is 21.5 Å². The molecule has 108 valence electrons. The Hall–Kier alpha value is -2.56. The number of hydrogen-bond donors (Lipinski definition) is 2. The predicted octanol–water partition coefficient (Wildman–Crippen LogP) is 2.62. The Kier molecular flexibility index (Phi) is 3.05. The number of benzene rings is 2. The van der Waals surface area contributed by atoms with Gasteiger partial charge in [0.1, 0.15) is 11.6 Å². The van der Waals surface area contributed by atoms with Crippen LogP contribution in [-0.2, 0) is 6.42 Å². The number of aryl methyl sites for hydroxylation is 1. The molecule has 3 N–H and O–H groups in total. The number of amides is 1. The van der Waals surface area contributed by atoms with Crippen molar-refractivity contribution in [1.82, 2.24) is 0 Å². The molecule has 0 unspecified atom stereocenters. The summed E-state index contributed by atoms with van der Waals surface area (Å²) in [5.74, 6) is -1.28. The molecule has 4 nitrogen and oxygen atoms in total. The number of carbonyl (C=O) groups excluding carboxylic acids is 1. The predicted molar refractivity (Wildman–Crippen MR) is 79.0 cm³/mol. The molecule has 0 atom stereocenters. The highest BCUT2D eigenvalue weighted by molar-refractivity contribution is 6.09. The molecule has 0 aliphatic carbocycles. The average Bonchev–Trinajstić information content (AvgIpc) is 2.81. The van der Waals surface area contributed by atoms with Gasteiger partial charge in [0.25, 0.3) is 5.91 Å². The second kappa shape index (κ2) is 4.77. The molecule has 21 heavy (non-hydrogen) atoms. The molecule has 3 rings (SSSR count). The molecule has 1 amide bonds. The largest absolute Gasteiger partial charge is 0.507 e. The van der Waals surface area contributed by atoms with Crippen molar-refractivity contribution in [3.8, 4) is 5.75 Å². The Balaban J connectivity index is 2.00. The number of fused-ring (bicyclic) bond motifs is 1. The smallest absolute Gasteiger partial charge is 0.262 e. The van der Waals surface area contributed by atoms with E-state index in [2.05, 4.69) is 0 Å². The highest BCUT2D eigenvalue weighted by Crippen LogP contribution is 2.34. The van der Waals surface area contributed by atoms with Crippen LogP contribution in [0.3, 0.4) is 0 Å². The third-order valence-corrected chi connectivity index (χ3v) is 3.80. The van der Waals surface area contributed by atoms with Gasteiger partial charge in [-0.25, -0.2) is 4.39 Å². The second-order valence-corrected chi connectivity index (χ2v) is 5.21. The summed E-state index contributed by atoms with van der Waals surface area (Å²) in [6.07, 6.45) is 0.740. The normalized spacial score (nSPS) is 13.3. The van der Waals surface area contributed by atoms with Crippen molar-refractivity contribution in [3.63, 3.8) is 0 Å². The molecule has 2 aromatic rings. The summed E-state index contributed by atoms with van der Waals surface area (Å²) in [6, 6.07) is 7.14. The second-order valence-electron chi connectivity index (χ2n) is 5.21. The number of phenols is 1. The van der Waals surface area contributed by atoms with Crippen LogP contribution in [0.2, 0.25) is 0 Å². The van der Waals surface area contributed by atoms with Crippen molar-refractivity contribution < 1.29 is 14.3 Å². The summed E-state index contributed by atoms with van der Waals surface area (Å²) in [6.45, 7) is 2.44. The molecule has 1 aliphatic rings. The zero-order valence-electron chi connectivity index (χ0n) is 11.6. The van der Waals surface area contributed by atoms with Gasteiger partial charge < -0.3 is 15.7 Å². The fourth-order valence-electron chi connectivity index (χ4n) is 2.62. The third kappa shape index (κ3) is 2.20. The van der Waals surface area contributed by atoms with Crippen LogP contribution in [0, 0.1) is 12.7 Å². The van der Waals surface area contributed by atoms with Gasteiger partial charge in [-0.3, -0.25) is 4.79 Å². The molecule has 2 aromatic carbocycles. The summed E-state index contributed by atoms with van der Waals surface area (Å²) in [4.78, 5) is 14.1. The van der Waals surface area contributed by atoms with Gasteiger partial charge in [0, 0.05) is 24.0 Å². The fourth-order valence-corrected chi connectivity index (χ4v) is 2.62. The number of hydrogen-bond acceptors (Lipinski definition) is 3. The summed E-state index contributed by atoms with van der Waals surface area (Å²) in [5.41, 5.74) is 9.40. The van der Waals surface area contributed by atoms with E-state index in [1.165, 1.54) is 6.07 Å². The molecule has 1 heterocycles. The highest BCUT2D eigenvalue weighted by Gasteiger charge is 2.27. The van der Waals surface area contributed by atoms with Crippen LogP contribution in [0.25, 0.3) is 0 Å². The number of nitrogens with two attached hydrogens (primary N) is 1. The van der Waals surface area contributed by atoms with Crippen molar-refractivity contribution in [2.45, 2.75) is 13.3 Å². The molecular weight excluding hydrogens is 271 g/mol. The van der Waals surface area contributed by atoms with E-state index < -0.39 is 5.82 Å². The van der Waals surface area contributed by atoms with E-state index in [-0.39, 0.29) is 17.2 Å². The first-order valence-electron chi connectivity index (χ1n) is 6.67. The molecular formula is C16H15FN2O2. The SMILES string of the molecule is Cc1cc2c(cc1N)N(C(=O)c1ccc(F)cc1O)CC2. The van der Waals surface area contributed by atoms with Gasteiger partial charge in [-0.1, -0.05) is 6.07 Å². The van der Waals surface area contributed by atoms with Crippen molar-refractivity contribution >= 4 is 17.3 Å². The highest BCUT2D eigenvalue weighted by atomic mass is 19.1. The number of halogens is 1. The molecule has 0 fully saturated rings. The lowest BCUT2D eigenvalue weighted by Gasteiger charge is -2.18. The van der Waals surface area contributed by atoms with Gasteiger partial charge in [-0.2, -0.15) is 0 Å². The Bertz CT molecular complexity index is 743. The molecule has 0 radical (unpaired) electrons. The minimum atomic E-state index is -0.578. The maximum Gasteiger partial charge on any atom is 0.262 e. The number of carbonyl (C=O) groups is 1. The van der Waals surface area contributed by atoms with Crippen LogP contribution < -0.4 is 10.6 Å². The van der Waals surface area contributed by atoms with Crippen LogP contribution >= 0.6 is 0 Å². The van der Waals surface area contributed by atoms with Gasteiger partial charge in [0.05, 0.1) is 5.56 Å². The van der Waals surface area contributed by atoms with Gasteiger partial charge >= 0.3 is 0 Å². The van der Waals surface area contributed by atoms with E-state index >= 15 is 0 Å². The summed E-state index contributed by atoms with van der Waals surface area (Å²) in [7, 11) is 0. The summed E-state index contributed by atoms with van der Waals surface area (Å²) >= 11 is 0. The molecule has 0 saturated carbocycles. The maximum absolute atomic E-state index is 13.0. The minimum absolute atomic E-state index is 0.0865. The topological polar surface area (TPSA) is 66.6 Å². The molecule has 1 aliphatic heterocycles. The molecule has 0 aromatic heterocycles. The molecule has 0 bridgehead atoms. The Morgan fingerprint density at radius 3 is 2.81 bits per heavy atom. The molecule has 0 saturated heterocycles.